The molecule has 0 aromatic heterocycles. The minimum absolute atomic E-state index is 0.0341. The molecule has 2 aromatic rings. The molecule has 3 amide bonds. The molecule has 2 fully saturated rings. The van der Waals surface area contributed by atoms with E-state index in [-0.39, 0.29) is 37.8 Å². The van der Waals surface area contributed by atoms with Crippen LogP contribution in [0, 0.1) is 5.92 Å². The number of aliphatic carboxylic acids is 2. The number of carbonyl (C=O) groups excluding carboxylic acids is 3. The van der Waals surface area contributed by atoms with E-state index in [0.29, 0.717) is 25.8 Å². The van der Waals surface area contributed by atoms with Crippen LogP contribution < -0.4 is 16.4 Å². The lowest BCUT2D eigenvalue weighted by Gasteiger charge is -2.33. The molecule has 46 heavy (non-hydrogen) atoms. The highest BCUT2D eigenvalue weighted by atomic mass is 16.5. The lowest BCUT2D eigenvalue weighted by molar-refractivity contribution is -0.150. The summed E-state index contributed by atoms with van der Waals surface area (Å²) in [7, 11) is 0. The summed E-state index contributed by atoms with van der Waals surface area (Å²) < 4.78 is 5.35. The Hall–Kier alpha value is -4.45. The number of amides is 3. The summed E-state index contributed by atoms with van der Waals surface area (Å²) in [6.07, 6.45) is 3.90. The molecule has 2 aliphatic rings. The number of benzene rings is 2. The van der Waals surface area contributed by atoms with Crippen LogP contribution in [0.2, 0.25) is 0 Å². The van der Waals surface area contributed by atoms with Gasteiger partial charge in [-0.1, -0.05) is 67.4 Å². The van der Waals surface area contributed by atoms with Gasteiger partial charge in [-0.3, -0.25) is 9.59 Å². The van der Waals surface area contributed by atoms with E-state index < -0.39 is 48.0 Å². The number of carboxylic acids is 2. The van der Waals surface area contributed by atoms with Crippen LogP contribution in [-0.4, -0.2) is 75.7 Å². The van der Waals surface area contributed by atoms with Gasteiger partial charge in [0.25, 0.3) is 0 Å². The molecule has 1 saturated heterocycles. The van der Waals surface area contributed by atoms with Crippen LogP contribution in [-0.2, 0) is 30.5 Å². The van der Waals surface area contributed by atoms with Crippen molar-refractivity contribution in [1.29, 1.82) is 0 Å². The highest BCUT2D eigenvalue weighted by molar-refractivity contribution is 5.90. The molecule has 1 heterocycles. The molecule has 0 unspecified atom stereocenters. The van der Waals surface area contributed by atoms with Crippen molar-refractivity contribution in [1.82, 2.24) is 15.5 Å². The number of nitrogens with zero attached hydrogens (tertiary/aromatic N) is 1. The van der Waals surface area contributed by atoms with Crippen LogP contribution in [0.5, 0.6) is 0 Å². The fraction of sp³-hybridized carbons (Fsp3) is 0.500. The Morgan fingerprint density at radius 3 is 2.24 bits per heavy atom. The zero-order valence-corrected chi connectivity index (χ0v) is 25.9. The fourth-order valence-electron chi connectivity index (χ4n) is 6.48. The topological polar surface area (TPSA) is 188 Å². The van der Waals surface area contributed by atoms with Gasteiger partial charge in [0.1, 0.15) is 24.7 Å². The van der Waals surface area contributed by atoms with Gasteiger partial charge in [-0.15, -0.1) is 0 Å². The summed E-state index contributed by atoms with van der Waals surface area (Å²) in [4.78, 5) is 64.6. The maximum atomic E-state index is 13.2. The first-order chi connectivity index (χ1) is 22.2. The number of likely N-dealkylation sites (tertiary alicyclic amines) is 1. The van der Waals surface area contributed by atoms with E-state index in [4.69, 9.17) is 10.5 Å². The largest absolute Gasteiger partial charge is 0.480 e. The minimum atomic E-state index is -1.41. The van der Waals surface area contributed by atoms with Gasteiger partial charge in [0, 0.05) is 12.5 Å². The molecule has 2 aromatic carbocycles. The van der Waals surface area contributed by atoms with Gasteiger partial charge in [0.2, 0.25) is 11.8 Å². The van der Waals surface area contributed by atoms with Gasteiger partial charge >= 0.3 is 18.0 Å². The number of rotatable bonds is 15. The Bertz CT molecular complexity index is 1350. The molecule has 12 heteroatoms. The van der Waals surface area contributed by atoms with Gasteiger partial charge in [0.05, 0.1) is 0 Å². The molecule has 0 spiro atoms. The first-order valence-corrected chi connectivity index (χ1v) is 16.0. The second kappa shape index (κ2) is 16.7. The molecule has 4 rings (SSSR count). The molecule has 0 radical (unpaired) electrons. The van der Waals surface area contributed by atoms with Crippen LogP contribution in [0.15, 0.2) is 54.6 Å². The lowest BCUT2D eigenvalue weighted by atomic mass is 9.84. The third-order valence-corrected chi connectivity index (χ3v) is 8.91. The highest BCUT2D eigenvalue weighted by Crippen LogP contribution is 2.40. The summed E-state index contributed by atoms with van der Waals surface area (Å²) in [5, 5.41) is 24.6. The number of unbranched alkanes of at least 4 members (excludes halogenated alkanes) is 1. The predicted molar refractivity (Wildman–Crippen MR) is 169 cm³/mol. The van der Waals surface area contributed by atoms with E-state index >= 15 is 0 Å². The van der Waals surface area contributed by atoms with Crippen LogP contribution in [0.4, 0.5) is 4.79 Å². The molecule has 248 valence electrons. The average molecular weight is 637 g/mol. The van der Waals surface area contributed by atoms with Gasteiger partial charge in [-0.25, -0.2) is 14.4 Å². The fourth-order valence-corrected chi connectivity index (χ4v) is 6.48. The lowest BCUT2D eigenvalue weighted by Crippen LogP contribution is -2.52. The summed E-state index contributed by atoms with van der Waals surface area (Å²) in [6.45, 7) is 0.348. The smallest absolute Gasteiger partial charge is 0.408 e. The van der Waals surface area contributed by atoms with Gasteiger partial charge in [-0.05, 0) is 74.1 Å². The molecule has 1 aliphatic heterocycles. The van der Waals surface area contributed by atoms with Crippen molar-refractivity contribution in [3.05, 3.63) is 60.2 Å². The van der Waals surface area contributed by atoms with E-state index in [9.17, 15) is 34.2 Å². The van der Waals surface area contributed by atoms with Crippen molar-refractivity contribution in [3.63, 3.8) is 0 Å². The maximum Gasteiger partial charge on any atom is 0.408 e. The van der Waals surface area contributed by atoms with Gasteiger partial charge < -0.3 is 36.2 Å². The molecular weight excluding hydrogens is 592 g/mol. The van der Waals surface area contributed by atoms with Crippen molar-refractivity contribution in [2.24, 2.45) is 11.7 Å². The Labute approximate surface area is 268 Å². The SMILES string of the molecule is NCCCC[C@H](NC(=O)OCc1ccc(-c2ccccc2)cc1)C(=O)N[C@H](CCC(=O)N1[C@H](C(=O)O)C[C@@H]2CCCC[C@@H]21)C(=O)O. The van der Waals surface area contributed by atoms with Crippen molar-refractivity contribution in [2.45, 2.75) is 95.0 Å². The van der Waals surface area contributed by atoms with Crippen LogP contribution in [0.25, 0.3) is 11.1 Å². The van der Waals surface area contributed by atoms with Crippen LogP contribution in [0.1, 0.15) is 69.8 Å². The van der Waals surface area contributed by atoms with E-state index in [1.807, 2.05) is 54.6 Å². The zero-order valence-electron chi connectivity index (χ0n) is 25.9. The van der Waals surface area contributed by atoms with E-state index in [0.717, 1.165) is 42.4 Å². The molecule has 1 saturated carbocycles. The molecule has 5 atom stereocenters. The summed E-state index contributed by atoms with van der Waals surface area (Å²) in [6, 6.07) is 13.8. The number of fused-ring (bicyclic) bond motifs is 1. The summed E-state index contributed by atoms with van der Waals surface area (Å²) in [5.41, 5.74) is 8.42. The normalized spacial score (nSPS) is 20.2. The molecular formula is C34H44N4O8. The third-order valence-electron chi connectivity index (χ3n) is 8.91. The standard InChI is InChI=1S/C34H44N4O8/c35-19-7-6-11-26(37-34(45)46-21-22-13-15-24(16-14-22)23-8-2-1-3-9-23)31(40)36-27(32(41)42)17-18-30(39)38-28-12-5-4-10-25(28)20-29(38)33(43)44/h1-3,8-9,13-16,25-29H,4-7,10-12,17-21,35H2,(H,36,40)(H,37,45)(H,41,42)(H,43,44)/t25-,26-,27+,28-,29-/m0/s1. The molecule has 0 bridgehead atoms. The van der Waals surface area contributed by atoms with Crippen LogP contribution >= 0.6 is 0 Å². The van der Waals surface area contributed by atoms with E-state index in [1.165, 1.54) is 4.90 Å². The average Bonchev–Trinajstić information content (AvgIpc) is 3.46. The molecule has 12 nitrogen and oxygen atoms in total. The maximum absolute atomic E-state index is 13.2. The number of alkyl carbamates (subject to hydrolysis) is 1. The van der Waals surface area contributed by atoms with Crippen molar-refractivity contribution in [3.8, 4) is 11.1 Å². The van der Waals surface area contributed by atoms with Crippen LogP contribution in [0.3, 0.4) is 0 Å². The summed E-state index contributed by atoms with van der Waals surface area (Å²) >= 11 is 0. The number of carbonyl (C=O) groups is 5. The van der Waals surface area contributed by atoms with Gasteiger partial charge in [-0.2, -0.15) is 0 Å². The number of carboxylic acid groups (broad SMARTS) is 2. The Morgan fingerprint density at radius 1 is 0.870 bits per heavy atom. The zero-order chi connectivity index (χ0) is 33.1. The predicted octanol–water partition coefficient (Wildman–Crippen LogP) is 3.67. The first kappa shape index (κ1) is 34.4. The highest BCUT2D eigenvalue weighted by Gasteiger charge is 2.47. The van der Waals surface area contributed by atoms with Crippen molar-refractivity contribution < 1.29 is 38.9 Å². The summed E-state index contributed by atoms with van der Waals surface area (Å²) in [5.74, 6) is -3.43. The minimum Gasteiger partial charge on any atom is -0.480 e. The molecule has 6 N–H and O–H groups in total. The second-order valence-electron chi connectivity index (χ2n) is 12.1. The Kier molecular flexibility index (Phi) is 12.5. The number of ether oxygens (including phenoxy) is 1. The van der Waals surface area contributed by atoms with Gasteiger partial charge in [0.15, 0.2) is 0 Å². The van der Waals surface area contributed by atoms with E-state index in [2.05, 4.69) is 10.6 Å². The number of hydrogen-bond donors (Lipinski definition) is 5. The number of nitrogens with one attached hydrogen (secondary N) is 2. The number of hydrogen-bond acceptors (Lipinski definition) is 7. The second-order valence-corrected chi connectivity index (χ2v) is 12.1. The van der Waals surface area contributed by atoms with Crippen molar-refractivity contribution >= 4 is 29.8 Å². The monoisotopic (exact) mass is 636 g/mol. The molecule has 1 aliphatic carbocycles. The van der Waals surface area contributed by atoms with E-state index in [1.54, 1.807) is 0 Å². The quantitative estimate of drug-likeness (QED) is 0.182. The third kappa shape index (κ3) is 9.29. The number of nitrogens with two attached hydrogens (primary N) is 1. The first-order valence-electron chi connectivity index (χ1n) is 16.0. The van der Waals surface area contributed by atoms with Crippen molar-refractivity contribution in [2.75, 3.05) is 6.54 Å². The Morgan fingerprint density at radius 2 is 1.57 bits per heavy atom. The Balaban J connectivity index is 1.32.